The Labute approximate surface area is 127 Å². The normalized spacial score (nSPS) is 11.7. The largest absolute Gasteiger partial charge is 0.399 e. The fraction of sp³-hybridized carbons (Fsp3) is 0.562. The third kappa shape index (κ3) is 6.60. The Morgan fingerprint density at radius 3 is 2.62 bits per heavy atom. The fourth-order valence-corrected chi connectivity index (χ4v) is 2.20. The van der Waals surface area contributed by atoms with Crippen LogP contribution in [0.15, 0.2) is 18.2 Å². The van der Waals surface area contributed by atoms with Crippen molar-refractivity contribution in [2.45, 2.75) is 39.7 Å². The molecular weight excluding hydrogens is 266 g/mol. The number of carbonyl (C=O) groups excluding carboxylic acids is 1. The van der Waals surface area contributed by atoms with Crippen molar-refractivity contribution >= 4 is 17.3 Å². The second-order valence-electron chi connectivity index (χ2n) is 6.05. The predicted octanol–water partition coefficient (Wildman–Crippen LogP) is 2.00. The van der Waals surface area contributed by atoms with E-state index in [9.17, 15) is 9.90 Å². The molecule has 0 aliphatic rings. The van der Waals surface area contributed by atoms with E-state index in [0.29, 0.717) is 25.2 Å². The number of hydrogen-bond acceptors (Lipinski definition) is 4. The molecule has 0 atom stereocenters. The van der Waals surface area contributed by atoms with Gasteiger partial charge in [-0.3, -0.25) is 4.79 Å². The molecule has 1 amide bonds. The van der Waals surface area contributed by atoms with Crippen LogP contribution < -0.4 is 11.1 Å². The van der Waals surface area contributed by atoms with Crippen LogP contribution in [0.2, 0.25) is 0 Å². The van der Waals surface area contributed by atoms with Gasteiger partial charge in [-0.25, -0.2) is 0 Å². The number of nitrogens with one attached hydrogen (secondary N) is 1. The van der Waals surface area contributed by atoms with E-state index >= 15 is 0 Å². The van der Waals surface area contributed by atoms with Gasteiger partial charge in [0.1, 0.15) is 0 Å². The average molecular weight is 293 g/mol. The van der Waals surface area contributed by atoms with Crippen molar-refractivity contribution in [3.05, 3.63) is 23.8 Å². The third-order valence-corrected chi connectivity index (χ3v) is 3.24. The van der Waals surface area contributed by atoms with Crippen molar-refractivity contribution in [3.8, 4) is 0 Å². The van der Waals surface area contributed by atoms with E-state index in [-0.39, 0.29) is 5.91 Å². The first-order chi connectivity index (χ1) is 9.71. The number of benzene rings is 1. The molecular formula is C16H27N3O2. The van der Waals surface area contributed by atoms with Crippen LogP contribution in [0.1, 0.15) is 32.8 Å². The lowest BCUT2D eigenvalue weighted by atomic mass is 10.1. The van der Waals surface area contributed by atoms with Crippen LogP contribution in [0.4, 0.5) is 11.4 Å². The molecule has 0 radical (unpaired) electrons. The van der Waals surface area contributed by atoms with Crippen LogP contribution in [0, 0.1) is 6.92 Å². The number of nitrogens with zero attached hydrogens (tertiary/aromatic N) is 1. The Balaban J connectivity index is 2.50. The molecule has 0 aliphatic heterocycles. The number of amides is 1. The Hall–Kier alpha value is -1.59. The molecule has 1 aromatic rings. The minimum atomic E-state index is -0.750. The summed E-state index contributed by atoms with van der Waals surface area (Å²) in [6, 6.07) is 5.43. The minimum Gasteiger partial charge on any atom is -0.399 e. The van der Waals surface area contributed by atoms with Gasteiger partial charge in [0, 0.05) is 30.9 Å². The first-order valence-electron chi connectivity index (χ1n) is 7.32. The summed E-state index contributed by atoms with van der Waals surface area (Å²) in [6.07, 6.45) is 0.397. The van der Waals surface area contributed by atoms with Gasteiger partial charge in [-0.05, 0) is 51.1 Å². The van der Waals surface area contributed by atoms with Crippen LogP contribution in [0.25, 0.3) is 0 Å². The van der Waals surface area contributed by atoms with Crippen LogP contribution in [0.5, 0.6) is 0 Å². The van der Waals surface area contributed by atoms with Gasteiger partial charge in [0.15, 0.2) is 0 Å². The summed E-state index contributed by atoms with van der Waals surface area (Å²) in [5.74, 6) is -0.0305. The van der Waals surface area contributed by atoms with E-state index in [4.69, 9.17) is 5.73 Å². The van der Waals surface area contributed by atoms with Crippen LogP contribution in [0.3, 0.4) is 0 Å². The van der Waals surface area contributed by atoms with Crippen LogP contribution in [-0.2, 0) is 4.79 Å². The summed E-state index contributed by atoms with van der Waals surface area (Å²) in [7, 11) is 0. The van der Waals surface area contributed by atoms with Gasteiger partial charge >= 0.3 is 0 Å². The van der Waals surface area contributed by atoms with Gasteiger partial charge < -0.3 is 21.1 Å². The first-order valence-corrected chi connectivity index (χ1v) is 7.32. The van der Waals surface area contributed by atoms with Gasteiger partial charge in [0.2, 0.25) is 5.91 Å². The first kappa shape index (κ1) is 17.5. The van der Waals surface area contributed by atoms with Gasteiger partial charge in [0.25, 0.3) is 0 Å². The van der Waals surface area contributed by atoms with E-state index in [1.165, 1.54) is 0 Å². The molecule has 0 heterocycles. The van der Waals surface area contributed by atoms with E-state index in [1.807, 2.05) is 26.0 Å². The molecule has 118 valence electrons. The van der Waals surface area contributed by atoms with Crippen molar-refractivity contribution in [1.29, 1.82) is 0 Å². The highest BCUT2D eigenvalue weighted by atomic mass is 16.3. The Kier molecular flexibility index (Phi) is 6.18. The van der Waals surface area contributed by atoms with Gasteiger partial charge in [-0.2, -0.15) is 0 Å². The molecule has 1 rings (SSSR count). The maximum Gasteiger partial charge on any atom is 0.225 e. The molecule has 5 heteroatoms. The molecule has 0 bridgehead atoms. The topological polar surface area (TPSA) is 78.6 Å². The van der Waals surface area contributed by atoms with Crippen molar-refractivity contribution < 1.29 is 9.90 Å². The SMILES string of the molecule is CCN(CCC(=O)Nc1ccc(N)cc1C)CC(C)(C)O. The summed E-state index contributed by atoms with van der Waals surface area (Å²) in [5, 5.41) is 12.7. The van der Waals surface area contributed by atoms with E-state index in [1.54, 1.807) is 19.9 Å². The monoisotopic (exact) mass is 293 g/mol. The number of likely N-dealkylation sites (N-methyl/N-ethyl adjacent to an activating group) is 1. The molecule has 0 saturated heterocycles. The number of carbonyl (C=O) groups is 1. The molecule has 0 aromatic heterocycles. The molecule has 1 aromatic carbocycles. The summed E-state index contributed by atoms with van der Waals surface area (Å²) in [6.45, 7) is 9.46. The van der Waals surface area contributed by atoms with E-state index < -0.39 is 5.60 Å². The van der Waals surface area contributed by atoms with E-state index in [0.717, 1.165) is 17.8 Å². The average Bonchev–Trinajstić information content (AvgIpc) is 2.36. The van der Waals surface area contributed by atoms with Crippen molar-refractivity contribution in [3.63, 3.8) is 0 Å². The Morgan fingerprint density at radius 1 is 1.43 bits per heavy atom. The zero-order chi connectivity index (χ0) is 16.0. The zero-order valence-electron chi connectivity index (χ0n) is 13.4. The third-order valence-electron chi connectivity index (χ3n) is 3.24. The van der Waals surface area contributed by atoms with Crippen LogP contribution >= 0.6 is 0 Å². The molecule has 0 aliphatic carbocycles. The van der Waals surface area contributed by atoms with Crippen molar-refractivity contribution in [1.82, 2.24) is 4.90 Å². The maximum absolute atomic E-state index is 12.0. The molecule has 0 saturated carbocycles. The molecule has 0 spiro atoms. The second kappa shape index (κ2) is 7.43. The number of nitrogen functional groups attached to an aromatic ring is 1. The zero-order valence-corrected chi connectivity index (χ0v) is 13.4. The van der Waals surface area contributed by atoms with Gasteiger partial charge in [-0.1, -0.05) is 6.92 Å². The highest BCUT2D eigenvalue weighted by Crippen LogP contribution is 2.17. The number of aliphatic hydroxyl groups is 1. The maximum atomic E-state index is 12.0. The highest BCUT2D eigenvalue weighted by Gasteiger charge is 2.17. The molecule has 0 unspecified atom stereocenters. The van der Waals surface area contributed by atoms with E-state index in [2.05, 4.69) is 10.2 Å². The minimum absolute atomic E-state index is 0.0305. The quantitative estimate of drug-likeness (QED) is 0.672. The molecule has 0 fully saturated rings. The van der Waals surface area contributed by atoms with Gasteiger partial charge in [-0.15, -0.1) is 0 Å². The smallest absolute Gasteiger partial charge is 0.225 e. The summed E-state index contributed by atoms with van der Waals surface area (Å²) in [5.41, 5.74) is 7.37. The predicted molar refractivity (Wildman–Crippen MR) is 87.2 cm³/mol. The standard InChI is InChI=1S/C16H27N3O2/c1-5-19(11-16(3,4)21)9-8-15(20)18-14-7-6-13(17)10-12(14)2/h6-7,10,21H,5,8-9,11,17H2,1-4H3,(H,18,20). The van der Waals surface area contributed by atoms with Gasteiger partial charge in [0.05, 0.1) is 5.60 Å². The number of rotatable bonds is 7. The van der Waals surface area contributed by atoms with Crippen molar-refractivity contribution in [2.75, 3.05) is 30.7 Å². The number of hydrogen-bond donors (Lipinski definition) is 3. The fourth-order valence-electron chi connectivity index (χ4n) is 2.20. The second-order valence-corrected chi connectivity index (χ2v) is 6.05. The summed E-state index contributed by atoms with van der Waals surface area (Å²) in [4.78, 5) is 14.1. The molecule has 5 nitrogen and oxygen atoms in total. The molecule has 4 N–H and O–H groups in total. The highest BCUT2D eigenvalue weighted by molar-refractivity contribution is 5.91. The lowest BCUT2D eigenvalue weighted by molar-refractivity contribution is -0.116. The summed E-state index contributed by atoms with van der Waals surface area (Å²) >= 11 is 0. The number of nitrogens with two attached hydrogens (primary N) is 1. The number of anilines is 2. The van der Waals surface area contributed by atoms with Crippen molar-refractivity contribution in [2.24, 2.45) is 0 Å². The summed E-state index contributed by atoms with van der Waals surface area (Å²) < 4.78 is 0. The lowest BCUT2D eigenvalue weighted by Crippen LogP contribution is -2.39. The Morgan fingerprint density at radius 2 is 2.10 bits per heavy atom. The van der Waals surface area contributed by atoms with Crippen LogP contribution in [-0.4, -0.2) is 41.1 Å². The molecule has 21 heavy (non-hydrogen) atoms. The number of aryl methyl sites for hydroxylation is 1. The Bertz CT molecular complexity index is 481. The lowest BCUT2D eigenvalue weighted by Gasteiger charge is -2.27.